The van der Waals surface area contributed by atoms with Crippen molar-refractivity contribution in [2.75, 3.05) is 31.1 Å². The second kappa shape index (κ2) is 8.08. The maximum absolute atomic E-state index is 12.2. The summed E-state index contributed by atoms with van der Waals surface area (Å²) in [6.45, 7) is 13.8. The highest BCUT2D eigenvalue weighted by Crippen LogP contribution is 2.37. The molecule has 2 aliphatic rings. The van der Waals surface area contributed by atoms with Crippen molar-refractivity contribution in [3.8, 4) is 6.07 Å². The second-order valence-corrected chi connectivity index (χ2v) is 8.76. The monoisotopic (exact) mass is 384 g/mol. The molecule has 0 unspecified atom stereocenters. The Bertz CT molecular complexity index is 787. The van der Waals surface area contributed by atoms with Gasteiger partial charge in [0.05, 0.1) is 23.5 Å². The van der Waals surface area contributed by atoms with E-state index in [2.05, 4.69) is 38.7 Å². The Morgan fingerprint density at radius 3 is 2.54 bits per heavy atom. The van der Waals surface area contributed by atoms with Crippen molar-refractivity contribution in [1.82, 2.24) is 9.88 Å². The molecule has 1 fully saturated rings. The highest BCUT2D eigenvalue weighted by molar-refractivity contribution is 5.76. The van der Waals surface area contributed by atoms with Crippen molar-refractivity contribution in [2.45, 2.75) is 72.0 Å². The van der Waals surface area contributed by atoms with Crippen LogP contribution < -0.4 is 4.90 Å². The number of piperazine rings is 1. The molecule has 1 amide bonds. The number of pyridine rings is 1. The predicted octanol–water partition coefficient (Wildman–Crippen LogP) is 3.38. The van der Waals surface area contributed by atoms with Gasteiger partial charge in [-0.2, -0.15) is 5.26 Å². The van der Waals surface area contributed by atoms with Gasteiger partial charge in [-0.3, -0.25) is 4.79 Å². The third-order valence-corrected chi connectivity index (χ3v) is 5.69. The normalized spacial score (nSPS) is 18.8. The number of anilines is 1. The molecule has 0 bridgehead atoms. The molecule has 0 N–H and O–H groups in total. The first-order valence-corrected chi connectivity index (χ1v) is 10.4. The van der Waals surface area contributed by atoms with Crippen LogP contribution in [0.5, 0.6) is 0 Å². The summed E-state index contributed by atoms with van der Waals surface area (Å²) in [5, 5.41) is 9.97. The Balaban J connectivity index is 1.95. The van der Waals surface area contributed by atoms with Gasteiger partial charge in [0.1, 0.15) is 11.9 Å². The number of carbonyl (C=O) groups is 1. The molecule has 1 saturated heterocycles. The third kappa shape index (κ3) is 4.00. The smallest absolute Gasteiger partial charge is 0.222 e. The molecule has 3 rings (SSSR count). The lowest BCUT2D eigenvalue weighted by Gasteiger charge is -2.38. The van der Waals surface area contributed by atoms with Crippen LogP contribution in [-0.2, 0) is 22.6 Å². The summed E-state index contributed by atoms with van der Waals surface area (Å²) in [6.07, 6.45) is 2.22. The van der Waals surface area contributed by atoms with Crippen LogP contribution in [0.2, 0.25) is 0 Å². The van der Waals surface area contributed by atoms with Gasteiger partial charge in [-0.25, -0.2) is 4.98 Å². The van der Waals surface area contributed by atoms with E-state index in [-0.39, 0.29) is 17.4 Å². The highest BCUT2D eigenvalue weighted by atomic mass is 16.5. The number of ether oxygens (including phenoxy) is 1. The first kappa shape index (κ1) is 20.6. The minimum Gasteiger partial charge on any atom is -0.370 e. The van der Waals surface area contributed by atoms with E-state index < -0.39 is 0 Å². The van der Waals surface area contributed by atoms with Crippen LogP contribution >= 0.6 is 0 Å². The number of nitrogens with zero attached hydrogens (tertiary/aromatic N) is 4. The number of hydrogen-bond acceptors (Lipinski definition) is 5. The van der Waals surface area contributed by atoms with Crippen molar-refractivity contribution in [3.63, 3.8) is 0 Å². The summed E-state index contributed by atoms with van der Waals surface area (Å²) < 4.78 is 6.02. The molecular weight excluding hydrogens is 352 g/mol. The summed E-state index contributed by atoms with van der Waals surface area (Å²) in [6, 6.07) is 2.43. The van der Waals surface area contributed by atoms with Gasteiger partial charge in [0.15, 0.2) is 0 Å². The van der Waals surface area contributed by atoms with E-state index in [0.717, 1.165) is 35.5 Å². The Hall–Kier alpha value is -2.13. The van der Waals surface area contributed by atoms with Gasteiger partial charge in [-0.15, -0.1) is 0 Å². The molecule has 6 heteroatoms. The number of aromatic nitrogens is 1. The number of fused-ring (bicyclic) bond motifs is 1. The molecule has 1 aromatic heterocycles. The zero-order valence-electron chi connectivity index (χ0n) is 17.8. The standard InChI is InChI=1S/C22H32N4O2/c1-6-7-19(27)25-8-10-26(11-9-25)21-16(13-23)20(15(2)3)17-14-28-22(4,5)12-18(17)24-21/h15H,6-12,14H2,1-5H3. The Morgan fingerprint density at radius 2 is 1.96 bits per heavy atom. The molecule has 0 radical (unpaired) electrons. The maximum Gasteiger partial charge on any atom is 0.222 e. The predicted molar refractivity (Wildman–Crippen MR) is 109 cm³/mol. The Labute approximate surface area is 168 Å². The molecule has 0 spiro atoms. The zero-order valence-corrected chi connectivity index (χ0v) is 17.8. The largest absolute Gasteiger partial charge is 0.370 e. The molecule has 2 aliphatic heterocycles. The minimum absolute atomic E-state index is 0.224. The van der Waals surface area contributed by atoms with Crippen LogP contribution in [0.25, 0.3) is 0 Å². The maximum atomic E-state index is 12.2. The summed E-state index contributed by atoms with van der Waals surface area (Å²) in [5.41, 5.74) is 3.64. The molecule has 6 nitrogen and oxygen atoms in total. The Kier molecular flexibility index (Phi) is 5.95. The minimum atomic E-state index is -0.245. The molecule has 152 valence electrons. The van der Waals surface area contributed by atoms with Crippen LogP contribution in [0, 0.1) is 11.3 Å². The van der Waals surface area contributed by atoms with Crippen molar-refractivity contribution in [3.05, 3.63) is 22.4 Å². The van der Waals surface area contributed by atoms with E-state index in [1.54, 1.807) is 0 Å². The van der Waals surface area contributed by atoms with Crippen LogP contribution in [0.15, 0.2) is 0 Å². The van der Waals surface area contributed by atoms with E-state index in [0.29, 0.717) is 44.8 Å². The Morgan fingerprint density at radius 1 is 1.29 bits per heavy atom. The van der Waals surface area contributed by atoms with E-state index in [1.165, 1.54) is 0 Å². The average Bonchev–Trinajstić information content (AvgIpc) is 2.65. The molecule has 3 heterocycles. The molecule has 0 aliphatic carbocycles. The van der Waals surface area contributed by atoms with Gasteiger partial charge in [-0.1, -0.05) is 20.8 Å². The van der Waals surface area contributed by atoms with Crippen molar-refractivity contribution >= 4 is 11.7 Å². The summed E-state index contributed by atoms with van der Waals surface area (Å²) >= 11 is 0. The lowest BCUT2D eigenvalue weighted by molar-refractivity contribution is -0.131. The van der Waals surface area contributed by atoms with E-state index in [9.17, 15) is 10.1 Å². The zero-order chi connectivity index (χ0) is 20.5. The van der Waals surface area contributed by atoms with Crippen LogP contribution in [-0.4, -0.2) is 47.6 Å². The number of nitriles is 1. The number of amides is 1. The quantitative estimate of drug-likeness (QED) is 0.796. The van der Waals surface area contributed by atoms with Gasteiger partial charge >= 0.3 is 0 Å². The lowest BCUT2D eigenvalue weighted by Crippen LogP contribution is -2.49. The lowest BCUT2D eigenvalue weighted by atomic mass is 9.87. The third-order valence-electron chi connectivity index (χ3n) is 5.69. The van der Waals surface area contributed by atoms with Crippen molar-refractivity contribution in [2.24, 2.45) is 0 Å². The number of hydrogen-bond donors (Lipinski definition) is 0. The number of carbonyl (C=O) groups excluding carboxylic acids is 1. The fourth-order valence-electron chi connectivity index (χ4n) is 4.22. The first-order valence-electron chi connectivity index (χ1n) is 10.4. The topological polar surface area (TPSA) is 69.5 Å². The SMILES string of the molecule is CCCC(=O)N1CCN(c2nc3c(c(C(C)C)c2C#N)COC(C)(C)C3)CC1. The molecule has 0 saturated carbocycles. The van der Waals surface area contributed by atoms with Crippen LogP contribution in [0.4, 0.5) is 5.82 Å². The fourth-order valence-corrected chi connectivity index (χ4v) is 4.22. The molecule has 1 aromatic rings. The second-order valence-electron chi connectivity index (χ2n) is 8.76. The van der Waals surface area contributed by atoms with Gasteiger partial charge in [0.25, 0.3) is 0 Å². The van der Waals surface area contributed by atoms with Gasteiger partial charge in [0.2, 0.25) is 5.91 Å². The molecule has 28 heavy (non-hydrogen) atoms. The summed E-state index contributed by atoms with van der Waals surface area (Å²) in [4.78, 5) is 21.3. The van der Waals surface area contributed by atoms with E-state index in [1.807, 2.05) is 11.8 Å². The molecular formula is C22H32N4O2. The van der Waals surface area contributed by atoms with Gasteiger partial charge in [0, 0.05) is 44.6 Å². The molecule has 0 atom stereocenters. The molecule has 0 aromatic carbocycles. The first-order chi connectivity index (χ1) is 13.3. The van der Waals surface area contributed by atoms with Crippen molar-refractivity contribution < 1.29 is 9.53 Å². The fraction of sp³-hybridized carbons (Fsp3) is 0.682. The number of rotatable bonds is 4. The van der Waals surface area contributed by atoms with Gasteiger partial charge in [-0.05, 0) is 31.7 Å². The average molecular weight is 385 g/mol. The highest BCUT2D eigenvalue weighted by Gasteiger charge is 2.33. The van der Waals surface area contributed by atoms with Crippen molar-refractivity contribution in [1.29, 1.82) is 5.26 Å². The summed E-state index contributed by atoms with van der Waals surface area (Å²) in [7, 11) is 0. The van der Waals surface area contributed by atoms with E-state index >= 15 is 0 Å². The van der Waals surface area contributed by atoms with Crippen LogP contribution in [0.3, 0.4) is 0 Å². The summed E-state index contributed by atoms with van der Waals surface area (Å²) in [5.74, 6) is 1.23. The van der Waals surface area contributed by atoms with E-state index in [4.69, 9.17) is 9.72 Å². The van der Waals surface area contributed by atoms with Crippen LogP contribution in [0.1, 0.15) is 75.8 Å². The van der Waals surface area contributed by atoms with Gasteiger partial charge < -0.3 is 14.5 Å².